The Bertz CT molecular complexity index is 942. The SMILES string of the molecule is O=C(O)c1cnc(-c2ccccc2)nc1Cc1cccc([N+](=O)[O-])c1. The Balaban J connectivity index is 2.02. The van der Waals surface area contributed by atoms with Crippen LogP contribution in [0, 0.1) is 10.1 Å². The van der Waals surface area contributed by atoms with Crippen LogP contribution in [0.25, 0.3) is 11.4 Å². The van der Waals surface area contributed by atoms with Crippen molar-refractivity contribution in [2.75, 3.05) is 0 Å². The number of hydrogen-bond acceptors (Lipinski definition) is 5. The maximum atomic E-state index is 11.4. The first-order chi connectivity index (χ1) is 12.0. The first kappa shape index (κ1) is 16.3. The van der Waals surface area contributed by atoms with Gasteiger partial charge in [-0.05, 0) is 5.56 Å². The molecule has 0 saturated heterocycles. The van der Waals surface area contributed by atoms with Gasteiger partial charge in [-0.1, -0.05) is 42.5 Å². The second kappa shape index (κ2) is 6.88. The van der Waals surface area contributed by atoms with Crippen molar-refractivity contribution in [2.45, 2.75) is 6.42 Å². The van der Waals surface area contributed by atoms with Gasteiger partial charge in [-0.25, -0.2) is 14.8 Å². The molecule has 1 N–H and O–H groups in total. The lowest BCUT2D eigenvalue weighted by atomic mass is 10.1. The molecule has 124 valence electrons. The highest BCUT2D eigenvalue weighted by atomic mass is 16.6. The predicted octanol–water partition coefficient (Wildman–Crippen LogP) is 3.34. The van der Waals surface area contributed by atoms with E-state index in [0.29, 0.717) is 17.1 Å². The lowest BCUT2D eigenvalue weighted by Gasteiger charge is -2.08. The normalized spacial score (nSPS) is 10.4. The number of carboxylic acids is 1. The fourth-order valence-electron chi connectivity index (χ4n) is 2.43. The summed E-state index contributed by atoms with van der Waals surface area (Å²) in [5.74, 6) is -0.730. The summed E-state index contributed by atoms with van der Waals surface area (Å²) in [5, 5.41) is 20.3. The lowest BCUT2D eigenvalue weighted by Crippen LogP contribution is -2.08. The third-order valence-corrected chi connectivity index (χ3v) is 3.62. The van der Waals surface area contributed by atoms with Gasteiger partial charge in [0, 0.05) is 30.3 Å². The van der Waals surface area contributed by atoms with E-state index in [1.165, 1.54) is 18.3 Å². The van der Waals surface area contributed by atoms with Crippen molar-refractivity contribution in [1.29, 1.82) is 0 Å². The molecule has 0 aliphatic heterocycles. The van der Waals surface area contributed by atoms with Gasteiger partial charge < -0.3 is 5.11 Å². The summed E-state index contributed by atoms with van der Waals surface area (Å²) in [6, 6.07) is 15.2. The third kappa shape index (κ3) is 3.66. The number of non-ortho nitro benzene ring substituents is 1. The average Bonchev–Trinajstić information content (AvgIpc) is 2.62. The molecule has 1 heterocycles. The van der Waals surface area contributed by atoms with Gasteiger partial charge in [0.1, 0.15) is 0 Å². The van der Waals surface area contributed by atoms with Crippen LogP contribution in [-0.2, 0) is 6.42 Å². The zero-order valence-corrected chi connectivity index (χ0v) is 13.0. The molecule has 0 radical (unpaired) electrons. The van der Waals surface area contributed by atoms with Gasteiger partial charge in [-0.2, -0.15) is 0 Å². The van der Waals surface area contributed by atoms with Crippen LogP contribution in [0.4, 0.5) is 5.69 Å². The Labute approximate surface area is 142 Å². The molecule has 0 amide bonds. The van der Waals surface area contributed by atoms with E-state index in [1.807, 2.05) is 30.3 Å². The minimum atomic E-state index is -1.14. The smallest absolute Gasteiger partial charge is 0.339 e. The van der Waals surface area contributed by atoms with Gasteiger partial charge in [0.15, 0.2) is 5.82 Å². The molecule has 0 aliphatic rings. The van der Waals surface area contributed by atoms with E-state index >= 15 is 0 Å². The van der Waals surface area contributed by atoms with Crippen molar-refractivity contribution in [3.63, 3.8) is 0 Å². The van der Waals surface area contributed by atoms with E-state index in [-0.39, 0.29) is 17.7 Å². The highest BCUT2D eigenvalue weighted by molar-refractivity contribution is 5.88. The zero-order chi connectivity index (χ0) is 17.8. The van der Waals surface area contributed by atoms with E-state index in [0.717, 1.165) is 5.56 Å². The fourth-order valence-corrected chi connectivity index (χ4v) is 2.43. The van der Waals surface area contributed by atoms with E-state index in [4.69, 9.17) is 0 Å². The third-order valence-electron chi connectivity index (χ3n) is 3.62. The largest absolute Gasteiger partial charge is 0.478 e. The molecule has 2 aromatic carbocycles. The lowest BCUT2D eigenvalue weighted by molar-refractivity contribution is -0.384. The molecule has 0 fully saturated rings. The first-order valence-corrected chi connectivity index (χ1v) is 7.42. The van der Waals surface area contributed by atoms with Gasteiger partial charge >= 0.3 is 5.97 Å². The Morgan fingerprint density at radius 3 is 2.56 bits per heavy atom. The maximum Gasteiger partial charge on any atom is 0.339 e. The number of rotatable bonds is 5. The van der Waals surface area contributed by atoms with Crippen LogP contribution >= 0.6 is 0 Å². The molecule has 7 heteroatoms. The molecule has 0 aliphatic carbocycles. The molecule has 0 saturated carbocycles. The van der Waals surface area contributed by atoms with E-state index in [1.54, 1.807) is 12.1 Å². The van der Waals surface area contributed by atoms with Gasteiger partial charge in [-0.15, -0.1) is 0 Å². The molecular weight excluding hydrogens is 322 g/mol. The number of nitro benzene ring substituents is 1. The summed E-state index contributed by atoms with van der Waals surface area (Å²) < 4.78 is 0. The highest BCUT2D eigenvalue weighted by Gasteiger charge is 2.16. The Morgan fingerprint density at radius 2 is 1.88 bits per heavy atom. The molecule has 3 rings (SSSR count). The predicted molar refractivity (Wildman–Crippen MR) is 90.3 cm³/mol. The number of hydrogen-bond donors (Lipinski definition) is 1. The Kier molecular flexibility index (Phi) is 4.47. The summed E-state index contributed by atoms with van der Waals surface area (Å²) >= 11 is 0. The Hall–Kier alpha value is -3.61. The minimum absolute atomic E-state index is 0.0220. The van der Waals surface area contributed by atoms with Crippen molar-refractivity contribution in [2.24, 2.45) is 0 Å². The van der Waals surface area contributed by atoms with E-state index < -0.39 is 10.9 Å². The van der Waals surface area contributed by atoms with Crippen LogP contribution in [-0.4, -0.2) is 26.0 Å². The molecule has 0 bridgehead atoms. The quantitative estimate of drug-likeness (QED) is 0.566. The maximum absolute atomic E-state index is 11.4. The topological polar surface area (TPSA) is 106 Å². The summed E-state index contributed by atoms with van der Waals surface area (Å²) in [7, 11) is 0. The molecule has 0 spiro atoms. The standard InChI is InChI=1S/C18H13N3O4/c22-18(23)15-11-19-17(13-6-2-1-3-7-13)20-16(15)10-12-5-4-8-14(9-12)21(24)25/h1-9,11H,10H2,(H,22,23). The summed E-state index contributed by atoms with van der Waals surface area (Å²) in [6.45, 7) is 0. The van der Waals surface area contributed by atoms with Gasteiger partial charge in [0.2, 0.25) is 0 Å². The van der Waals surface area contributed by atoms with Crippen LogP contribution in [0.2, 0.25) is 0 Å². The number of nitrogens with zero attached hydrogens (tertiary/aromatic N) is 3. The van der Waals surface area contributed by atoms with E-state index in [9.17, 15) is 20.0 Å². The van der Waals surface area contributed by atoms with Crippen molar-refractivity contribution >= 4 is 11.7 Å². The number of carbonyl (C=O) groups is 1. The van der Waals surface area contributed by atoms with Crippen LogP contribution in [0.3, 0.4) is 0 Å². The molecule has 0 atom stereocenters. The van der Waals surface area contributed by atoms with Crippen molar-refractivity contribution in [1.82, 2.24) is 9.97 Å². The van der Waals surface area contributed by atoms with Crippen molar-refractivity contribution in [3.8, 4) is 11.4 Å². The highest BCUT2D eigenvalue weighted by Crippen LogP contribution is 2.20. The second-order valence-corrected chi connectivity index (χ2v) is 5.33. The number of aromatic carboxylic acids is 1. The van der Waals surface area contributed by atoms with Gasteiger partial charge in [0.05, 0.1) is 16.2 Å². The first-order valence-electron chi connectivity index (χ1n) is 7.42. The van der Waals surface area contributed by atoms with E-state index in [2.05, 4.69) is 9.97 Å². The molecule has 3 aromatic rings. The summed E-state index contributed by atoms with van der Waals surface area (Å²) in [5.41, 5.74) is 1.61. The number of aromatic nitrogens is 2. The van der Waals surface area contributed by atoms with Crippen molar-refractivity contribution in [3.05, 3.63) is 87.7 Å². The minimum Gasteiger partial charge on any atom is -0.478 e. The van der Waals surface area contributed by atoms with Crippen LogP contribution in [0.1, 0.15) is 21.6 Å². The molecule has 7 nitrogen and oxygen atoms in total. The van der Waals surface area contributed by atoms with Crippen LogP contribution in [0.15, 0.2) is 60.8 Å². The monoisotopic (exact) mass is 335 g/mol. The summed E-state index contributed by atoms with van der Waals surface area (Å²) in [4.78, 5) is 30.4. The molecule has 1 aromatic heterocycles. The van der Waals surface area contributed by atoms with Gasteiger partial charge in [-0.3, -0.25) is 10.1 Å². The number of nitro groups is 1. The fraction of sp³-hybridized carbons (Fsp3) is 0.0556. The van der Waals surface area contributed by atoms with Crippen LogP contribution in [0.5, 0.6) is 0 Å². The van der Waals surface area contributed by atoms with Gasteiger partial charge in [0.25, 0.3) is 5.69 Å². The molecule has 25 heavy (non-hydrogen) atoms. The Morgan fingerprint density at radius 1 is 1.12 bits per heavy atom. The molecular formula is C18H13N3O4. The average molecular weight is 335 g/mol. The second-order valence-electron chi connectivity index (χ2n) is 5.33. The summed E-state index contributed by atoms with van der Waals surface area (Å²) in [6.07, 6.45) is 1.43. The van der Waals surface area contributed by atoms with Crippen molar-refractivity contribution < 1.29 is 14.8 Å². The number of carboxylic acid groups (broad SMARTS) is 1. The van der Waals surface area contributed by atoms with Crippen LogP contribution < -0.4 is 0 Å². The number of benzene rings is 2. The molecule has 0 unspecified atom stereocenters. The zero-order valence-electron chi connectivity index (χ0n) is 13.0.